The summed E-state index contributed by atoms with van der Waals surface area (Å²) >= 11 is 0. The van der Waals surface area contributed by atoms with Crippen LogP contribution in [0, 0.1) is 47.4 Å². The van der Waals surface area contributed by atoms with Gasteiger partial charge in [0.1, 0.15) is 6.61 Å². The number of rotatable bonds is 5. The second-order valence-electron chi connectivity index (χ2n) is 6.62. The molecule has 1 fully saturated rings. The molecule has 1 aliphatic rings. The smallest absolute Gasteiger partial charge is 0.310 e. The minimum absolute atomic E-state index is 0.670. The summed E-state index contributed by atoms with van der Waals surface area (Å²) in [6.07, 6.45) is 0. The first-order valence-corrected chi connectivity index (χ1v) is 8.83. The Hall–Kier alpha value is -1.68. The molecule has 0 heterocycles. The van der Waals surface area contributed by atoms with Crippen molar-refractivity contribution in [3.8, 4) is 0 Å². The van der Waals surface area contributed by atoms with Crippen molar-refractivity contribution < 1.29 is 40.1 Å². The van der Waals surface area contributed by atoms with Crippen molar-refractivity contribution in [2.75, 3.05) is 5.75 Å². The fourth-order valence-electron chi connectivity index (χ4n) is 2.90. The summed E-state index contributed by atoms with van der Waals surface area (Å²) < 4.78 is 89.9. The number of halogens is 4. The van der Waals surface area contributed by atoms with Gasteiger partial charge in [0.15, 0.2) is 23.3 Å². The van der Waals surface area contributed by atoms with Gasteiger partial charge in [-0.2, -0.15) is 8.42 Å². The largest absolute Gasteiger partial charge is 0.460 e. The van der Waals surface area contributed by atoms with Crippen LogP contribution in [0.1, 0.15) is 25.0 Å². The van der Waals surface area contributed by atoms with Crippen molar-refractivity contribution in [2.24, 2.45) is 17.3 Å². The second kappa shape index (κ2) is 6.24. The van der Waals surface area contributed by atoms with Crippen LogP contribution in [0.5, 0.6) is 0 Å². The number of carbonyl (C=O) groups excluding carboxylic acids is 1. The third kappa shape index (κ3) is 3.64. The monoisotopic (exact) mass is 384 g/mol. The molecule has 0 spiro atoms. The van der Waals surface area contributed by atoms with Gasteiger partial charge in [-0.1, -0.05) is 13.8 Å². The number of esters is 1. The molecule has 1 N–H and O–H groups in total. The van der Waals surface area contributed by atoms with E-state index in [2.05, 4.69) is 0 Å². The lowest BCUT2D eigenvalue weighted by Gasteiger charge is -2.11. The zero-order valence-corrected chi connectivity index (χ0v) is 14.4. The maximum Gasteiger partial charge on any atom is 0.310 e. The molecule has 0 saturated heterocycles. The molecule has 0 aliphatic heterocycles. The average molecular weight is 384 g/mol. The molecule has 1 saturated carbocycles. The highest BCUT2D eigenvalue weighted by atomic mass is 32.2. The third-order valence-electron chi connectivity index (χ3n) is 4.63. The molecule has 2 unspecified atom stereocenters. The summed E-state index contributed by atoms with van der Waals surface area (Å²) in [5, 5.41) is 0. The van der Waals surface area contributed by atoms with Gasteiger partial charge in [-0.3, -0.25) is 9.35 Å². The Bertz CT molecular complexity index is 806. The lowest BCUT2D eigenvalue weighted by atomic mass is 10.1. The highest BCUT2D eigenvalue weighted by molar-refractivity contribution is 7.85. The Morgan fingerprint density at radius 3 is 2.04 bits per heavy atom. The summed E-state index contributed by atoms with van der Waals surface area (Å²) in [7, 11) is -4.32. The zero-order valence-electron chi connectivity index (χ0n) is 13.6. The molecule has 5 nitrogen and oxygen atoms in total. The van der Waals surface area contributed by atoms with Crippen molar-refractivity contribution in [2.45, 2.75) is 27.4 Å². The van der Waals surface area contributed by atoms with E-state index in [0.717, 1.165) is 6.92 Å². The SMILES string of the molecule is Cc1c(F)c(F)c(COC(=O)C2C(CS(=O)(=O)O)C2(C)C)c(F)c1F. The second-order valence-corrected chi connectivity index (χ2v) is 8.12. The highest BCUT2D eigenvalue weighted by Crippen LogP contribution is 2.59. The molecule has 0 radical (unpaired) electrons. The van der Waals surface area contributed by atoms with Gasteiger partial charge in [-0.05, 0) is 18.3 Å². The Balaban J connectivity index is 2.14. The lowest BCUT2D eigenvalue weighted by molar-refractivity contribution is -0.147. The van der Waals surface area contributed by atoms with E-state index in [1.54, 1.807) is 13.8 Å². The van der Waals surface area contributed by atoms with E-state index in [9.17, 15) is 30.8 Å². The van der Waals surface area contributed by atoms with Crippen molar-refractivity contribution in [1.82, 2.24) is 0 Å². The molecule has 0 amide bonds. The molecule has 1 aromatic carbocycles. The number of benzene rings is 1. The first-order valence-electron chi connectivity index (χ1n) is 7.22. The fourth-order valence-corrected chi connectivity index (χ4v) is 3.97. The molecule has 140 valence electrons. The van der Waals surface area contributed by atoms with Gasteiger partial charge in [-0.15, -0.1) is 0 Å². The van der Waals surface area contributed by atoms with Gasteiger partial charge in [0.25, 0.3) is 10.1 Å². The van der Waals surface area contributed by atoms with Crippen molar-refractivity contribution in [3.63, 3.8) is 0 Å². The molecule has 1 aliphatic carbocycles. The molecular weight excluding hydrogens is 368 g/mol. The van der Waals surface area contributed by atoms with Gasteiger partial charge in [0, 0.05) is 5.56 Å². The van der Waals surface area contributed by atoms with Crippen LogP contribution in [0.2, 0.25) is 0 Å². The van der Waals surface area contributed by atoms with Crippen molar-refractivity contribution >= 4 is 16.1 Å². The first kappa shape index (κ1) is 19.6. The van der Waals surface area contributed by atoms with Gasteiger partial charge in [-0.25, -0.2) is 17.6 Å². The number of hydrogen-bond acceptors (Lipinski definition) is 4. The Morgan fingerprint density at radius 1 is 1.12 bits per heavy atom. The van der Waals surface area contributed by atoms with Gasteiger partial charge in [0.2, 0.25) is 0 Å². The van der Waals surface area contributed by atoms with E-state index in [1.807, 2.05) is 0 Å². The normalized spacial score (nSPS) is 21.9. The van der Waals surface area contributed by atoms with E-state index < -0.39 is 80.1 Å². The van der Waals surface area contributed by atoms with E-state index in [0.29, 0.717) is 0 Å². The van der Waals surface area contributed by atoms with Crippen molar-refractivity contribution in [1.29, 1.82) is 0 Å². The zero-order chi connectivity index (χ0) is 19.3. The van der Waals surface area contributed by atoms with E-state index >= 15 is 0 Å². The van der Waals surface area contributed by atoms with Crippen molar-refractivity contribution in [3.05, 3.63) is 34.4 Å². The summed E-state index contributed by atoms with van der Waals surface area (Å²) in [5.41, 5.74) is -2.71. The molecule has 2 atom stereocenters. The van der Waals surface area contributed by atoms with E-state index in [1.165, 1.54) is 0 Å². The maximum atomic E-state index is 13.7. The van der Waals surface area contributed by atoms with E-state index in [-0.39, 0.29) is 0 Å². The summed E-state index contributed by atoms with van der Waals surface area (Å²) in [4.78, 5) is 12.0. The summed E-state index contributed by atoms with van der Waals surface area (Å²) in [5.74, 6) is -9.80. The summed E-state index contributed by atoms with van der Waals surface area (Å²) in [6.45, 7) is 2.93. The fraction of sp³-hybridized carbons (Fsp3) is 0.533. The Morgan fingerprint density at radius 2 is 1.60 bits per heavy atom. The molecule has 25 heavy (non-hydrogen) atoms. The molecule has 0 aromatic heterocycles. The van der Waals surface area contributed by atoms with Crippen LogP contribution in [-0.2, 0) is 26.3 Å². The van der Waals surface area contributed by atoms with Gasteiger partial charge in [0.05, 0.1) is 17.2 Å². The molecular formula is C15H16F4O5S. The Labute approximate surface area is 141 Å². The third-order valence-corrected chi connectivity index (χ3v) is 5.41. The summed E-state index contributed by atoms with van der Waals surface area (Å²) in [6, 6.07) is 0. The highest BCUT2D eigenvalue weighted by Gasteiger charge is 2.63. The average Bonchev–Trinajstić information content (AvgIpc) is 3.01. The van der Waals surface area contributed by atoms with Crippen LogP contribution in [-0.4, -0.2) is 24.7 Å². The topological polar surface area (TPSA) is 80.7 Å². The minimum atomic E-state index is -4.32. The van der Waals surface area contributed by atoms with Crippen LogP contribution in [0.25, 0.3) is 0 Å². The quantitative estimate of drug-likeness (QED) is 0.365. The number of hydrogen-bond donors (Lipinski definition) is 1. The van der Waals surface area contributed by atoms with Crippen LogP contribution in [0.15, 0.2) is 0 Å². The van der Waals surface area contributed by atoms with Crippen LogP contribution < -0.4 is 0 Å². The molecule has 0 bridgehead atoms. The predicted molar refractivity (Wildman–Crippen MR) is 78.0 cm³/mol. The molecule has 10 heteroatoms. The van der Waals surface area contributed by atoms with Crippen LogP contribution in [0.4, 0.5) is 17.6 Å². The Kier molecular flexibility index (Phi) is 4.90. The number of ether oxygens (including phenoxy) is 1. The van der Waals surface area contributed by atoms with Gasteiger partial charge < -0.3 is 4.74 Å². The van der Waals surface area contributed by atoms with E-state index in [4.69, 9.17) is 9.29 Å². The van der Waals surface area contributed by atoms with Crippen LogP contribution >= 0.6 is 0 Å². The molecule has 2 rings (SSSR count). The standard InChI is InChI=1S/C15H16F4O5S/c1-6-10(16)12(18)7(13(19)11(6)17)4-24-14(20)9-8(15(9,2)3)5-25(21,22)23/h8-9H,4-5H2,1-3H3,(H,21,22,23). The lowest BCUT2D eigenvalue weighted by Crippen LogP contribution is -2.15. The maximum absolute atomic E-state index is 13.7. The predicted octanol–water partition coefficient (Wildman–Crippen LogP) is 2.75. The van der Waals surface area contributed by atoms with Gasteiger partial charge >= 0.3 is 5.97 Å². The van der Waals surface area contributed by atoms with Crippen LogP contribution in [0.3, 0.4) is 0 Å². The number of carbonyl (C=O) groups is 1. The first-order chi connectivity index (χ1) is 11.3. The minimum Gasteiger partial charge on any atom is -0.460 e. The molecule has 1 aromatic rings.